The van der Waals surface area contributed by atoms with Gasteiger partial charge >= 0.3 is 6.36 Å². The maximum Gasteiger partial charge on any atom is 0.573 e. The third-order valence-electron chi connectivity index (χ3n) is 7.82. The summed E-state index contributed by atoms with van der Waals surface area (Å²) in [6, 6.07) is 14.5. The molecule has 1 aliphatic carbocycles. The summed E-state index contributed by atoms with van der Waals surface area (Å²) in [5, 5.41) is 14.5. The van der Waals surface area contributed by atoms with Gasteiger partial charge in [0.1, 0.15) is 5.75 Å². The average Bonchev–Trinajstić information content (AvgIpc) is 2.94. The normalized spacial score (nSPS) is 21.6. The summed E-state index contributed by atoms with van der Waals surface area (Å²) < 4.78 is 42.1. The van der Waals surface area contributed by atoms with Gasteiger partial charge in [0.15, 0.2) is 0 Å². The number of hydrogen-bond donors (Lipinski definition) is 1. The molecule has 0 spiro atoms. The molecule has 11 heteroatoms. The quantitative estimate of drug-likeness (QED) is 0.232. The lowest BCUT2D eigenvalue weighted by Gasteiger charge is -2.39. The number of nitrogens with one attached hydrogen (secondary N) is 1. The number of aromatic nitrogens is 2. The number of non-ortho nitro benzene ring substituents is 1. The summed E-state index contributed by atoms with van der Waals surface area (Å²) >= 11 is 0. The van der Waals surface area contributed by atoms with Gasteiger partial charge in [0.2, 0.25) is 5.95 Å². The van der Waals surface area contributed by atoms with Crippen LogP contribution in [-0.2, 0) is 0 Å². The van der Waals surface area contributed by atoms with E-state index in [4.69, 9.17) is 0 Å². The molecule has 2 aliphatic rings. The number of anilines is 2. The van der Waals surface area contributed by atoms with Crippen molar-refractivity contribution in [3.8, 4) is 17.0 Å². The Labute approximate surface area is 230 Å². The Morgan fingerprint density at radius 3 is 2.62 bits per heavy atom. The van der Waals surface area contributed by atoms with Crippen molar-refractivity contribution in [1.82, 2.24) is 9.97 Å². The molecule has 1 saturated heterocycles. The van der Waals surface area contributed by atoms with Crippen LogP contribution in [-0.4, -0.2) is 40.4 Å². The van der Waals surface area contributed by atoms with Crippen molar-refractivity contribution in [1.29, 1.82) is 0 Å². The van der Waals surface area contributed by atoms with Crippen LogP contribution in [0.25, 0.3) is 11.3 Å². The van der Waals surface area contributed by atoms with Gasteiger partial charge in [-0.1, -0.05) is 25.0 Å². The number of benzene rings is 2. The molecule has 8 nitrogen and oxygen atoms in total. The van der Waals surface area contributed by atoms with Crippen molar-refractivity contribution in [3.05, 3.63) is 70.9 Å². The number of nitrogens with zero attached hydrogens (tertiary/aromatic N) is 4. The SMILES string of the molecule is O=[N+]([O-])c1ccc(N2CCC[C@H](C[C@@H]3CCCC[C@H]3Nc3nccc(-c4cccc(OC(F)(F)F)c4)n3)C2)cc1. The molecule has 1 N–H and O–H groups in total. The number of ether oxygens (including phenoxy) is 1. The molecule has 2 fully saturated rings. The van der Waals surface area contributed by atoms with Crippen molar-refractivity contribution in [2.75, 3.05) is 23.3 Å². The van der Waals surface area contributed by atoms with Gasteiger partial charge in [-0.15, -0.1) is 13.2 Å². The third kappa shape index (κ3) is 7.19. The van der Waals surface area contributed by atoms with E-state index in [9.17, 15) is 23.3 Å². The monoisotopic (exact) mass is 555 g/mol. The van der Waals surface area contributed by atoms with E-state index in [-0.39, 0.29) is 22.4 Å². The Morgan fingerprint density at radius 2 is 1.85 bits per heavy atom. The predicted molar refractivity (Wildman–Crippen MR) is 146 cm³/mol. The van der Waals surface area contributed by atoms with E-state index in [1.54, 1.807) is 30.5 Å². The number of hydrogen-bond acceptors (Lipinski definition) is 7. The fourth-order valence-corrected chi connectivity index (χ4v) is 5.99. The fourth-order valence-electron chi connectivity index (χ4n) is 5.99. The van der Waals surface area contributed by atoms with Crippen LogP contribution in [0.2, 0.25) is 0 Å². The summed E-state index contributed by atoms with van der Waals surface area (Å²) in [6.07, 6.45) is 4.56. The van der Waals surface area contributed by atoms with Gasteiger partial charge in [-0.05, 0) is 74.3 Å². The second-order valence-electron chi connectivity index (χ2n) is 10.6. The summed E-state index contributed by atoms with van der Waals surface area (Å²) in [6.45, 7) is 1.86. The lowest BCUT2D eigenvalue weighted by Crippen LogP contribution is -2.39. The Morgan fingerprint density at radius 1 is 1.05 bits per heavy atom. The van der Waals surface area contributed by atoms with E-state index >= 15 is 0 Å². The topological polar surface area (TPSA) is 93.4 Å². The van der Waals surface area contributed by atoms with Crippen molar-refractivity contribution < 1.29 is 22.8 Å². The van der Waals surface area contributed by atoms with Crippen LogP contribution in [0.5, 0.6) is 5.75 Å². The minimum absolute atomic E-state index is 0.0991. The Hall–Kier alpha value is -3.89. The largest absolute Gasteiger partial charge is 0.573 e. The number of nitro benzene ring substituents is 1. The average molecular weight is 556 g/mol. The molecule has 212 valence electrons. The van der Waals surface area contributed by atoms with E-state index in [2.05, 4.69) is 24.9 Å². The molecule has 0 amide bonds. The van der Waals surface area contributed by atoms with Crippen LogP contribution in [0, 0.1) is 22.0 Å². The minimum atomic E-state index is -4.76. The highest BCUT2D eigenvalue weighted by Crippen LogP contribution is 2.35. The summed E-state index contributed by atoms with van der Waals surface area (Å²) in [5.41, 5.74) is 2.15. The van der Waals surface area contributed by atoms with E-state index < -0.39 is 6.36 Å². The molecular formula is C29H32F3N5O3. The molecule has 0 unspecified atom stereocenters. The maximum atomic E-state index is 12.7. The highest BCUT2D eigenvalue weighted by molar-refractivity contribution is 5.62. The number of rotatable bonds is 8. The molecule has 2 aromatic carbocycles. The highest BCUT2D eigenvalue weighted by atomic mass is 19.4. The predicted octanol–water partition coefficient (Wildman–Crippen LogP) is 7.23. The van der Waals surface area contributed by atoms with Crippen LogP contribution >= 0.6 is 0 Å². The van der Waals surface area contributed by atoms with Crippen molar-refractivity contribution in [3.63, 3.8) is 0 Å². The summed E-state index contributed by atoms with van der Waals surface area (Å²) in [7, 11) is 0. The van der Waals surface area contributed by atoms with Gasteiger partial charge in [0.05, 0.1) is 10.6 Å². The first-order valence-electron chi connectivity index (χ1n) is 13.7. The number of halogens is 3. The Bertz CT molecular complexity index is 1300. The van der Waals surface area contributed by atoms with Crippen molar-refractivity contribution in [2.45, 2.75) is 57.3 Å². The molecule has 40 heavy (non-hydrogen) atoms. The summed E-state index contributed by atoms with van der Waals surface area (Å²) in [4.78, 5) is 22.0. The molecule has 5 rings (SSSR count). The molecule has 1 aliphatic heterocycles. The van der Waals surface area contributed by atoms with Crippen LogP contribution in [0.3, 0.4) is 0 Å². The number of nitro groups is 1. The fraction of sp³-hybridized carbons (Fsp3) is 0.448. The third-order valence-corrected chi connectivity index (χ3v) is 7.82. The molecule has 0 radical (unpaired) electrons. The number of piperidine rings is 1. The zero-order valence-electron chi connectivity index (χ0n) is 22.0. The molecular weight excluding hydrogens is 523 g/mol. The van der Waals surface area contributed by atoms with E-state index in [1.165, 1.54) is 24.6 Å². The van der Waals surface area contributed by atoms with E-state index in [0.29, 0.717) is 29.0 Å². The minimum Gasteiger partial charge on any atom is -0.406 e. The smallest absolute Gasteiger partial charge is 0.406 e. The highest BCUT2D eigenvalue weighted by Gasteiger charge is 2.32. The van der Waals surface area contributed by atoms with Gasteiger partial charge in [-0.3, -0.25) is 10.1 Å². The molecule has 1 saturated carbocycles. The van der Waals surface area contributed by atoms with Crippen LogP contribution < -0.4 is 15.0 Å². The molecule has 2 heterocycles. The van der Waals surface area contributed by atoms with Crippen LogP contribution in [0.4, 0.5) is 30.5 Å². The lowest BCUT2D eigenvalue weighted by atomic mass is 9.77. The Kier molecular flexibility index (Phi) is 8.37. The van der Waals surface area contributed by atoms with Gasteiger partial charge in [0.25, 0.3) is 5.69 Å². The molecule has 0 bridgehead atoms. The zero-order valence-corrected chi connectivity index (χ0v) is 22.0. The van der Waals surface area contributed by atoms with Gasteiger partial charge in [-0.2, -0.15) is 0 Å². The maximum absolute atomic E-state index is 12.7. The van der Waals surface area contributed by atoms with Crippen LogP contribution in [0.15, 0.2) is 60.8 Å². The summed E-state index contributed by atoms with van der Waals surface area (Å²) in [5.74, 6) is 1.14. The van der Waals surface area contributed by atoms with Crippen molar-refractivity contribution >= 4 is 17.3 Å². The van der Waals surface area contributed by atoms with Gasteiger partial charge < -0.3 is 15.0 Å². The first-order valence-corrected chi connectivity index (χ1v) is 13.7. The standard InChI is InChI=1S/C29H32F3N5O3/c30-29(31,32)40-25-8-3-7-22(18-25)27-14-15-33-28(35-27)34-26-9-2-1-6-21(26)17-20-5-4-16-36(19-20)23-10-12-24(13-11-23)37(38)39/h3,7-8,10-15,18,20-21,26H,1-2,4-6,9,16-17,19H2,(H,33,34,35)/t20-,21+,26-/m1/s1. The number of alkyl halides is 3. The van der Waals surface area contributed by atoms with Crippen molar-refractivity contribution in [2.24, 2.45) is 11.8 Å². The molecule has 3 aromatic rings. The van der Waals surface area contributed by atoms with Gasteiger partial charge in [-0.25, -0.2) is 9.97 Å². The Balaban J connectivity index is 1.24. The lowest BCUT2D eigenvalue weighted by molar-refractivity contribution is -0.384. The first-order chi connectivity index (χ1) is 19.2. The second-order valence-corrected chi connectivity index (χ2v) is 10.6. The first kappa shape index (κ1) is 27.7. The van der Waals surface area contributed by atoms with E-state index in [1.807, 2.05) is 12.1 Å². The zero-order chi connectivity index (χ0) is 28.1. The van der Waals surface area contributed by atoms with Gasteiger partial charge in [0, 0.05) is 48.7 Å². The van der Waals surface area contributed by atoms with E-state index in [0.717, 1.165) is 57.3 Å². The van der Waals surface area contributed by atoms with Crippen LogP contribution in [0.1, 0.15) is 44.9 Å². The molecule has 3 atom stereocenters. The molecule has 1 aromatic heterocycles. The second kappa shape index (κ2) is 12.1.